The second kappa shape index (κ2) is 12.0. The lowest BCUT2D eigenvalue weighted by Crippen LogP contribution is -2.04. The highest BCUT2D eigenvalue weighted by molar-refractivity contribution is 7.91. The fraction of sp³-hybridized carbons (Fsp3) is 1.00. The Bertz CT molecular complexity index is 42.5. The summed E-state index contributed by atoms with van der Waals surface area (Å²) >= 11 is -0.534. The third kappa shape index (κ3) is 15.7. The molecule has 0 aliphatic carbocycles. The van der Waals surface area contributed by atoms with Crippen molar-refractivity contribution in [1.29, 1.82) is 0 Å². The molecule has 64 valence electrons. The van der Waals surface area contributed by atoms with Crippen LogP contribution in [-0.4, -0.2) is 16.1 Å². The molecule has 0 aliphatic heterocycles. The summed E-state index contributed by atoms with van der Waals surface area (Å²) < 4.78 is 10.3. The van der Waals surface area contributed by atoms with Crippen LogP contribution >= 0.6 is 0 Å². The summed E-state index contributed by atoms with van der Waals surface area (Å²) in [4.78, 5) is 0. The Hall–Kier alpha value is 0.310. The second-order valence-electron chi connectivity index (χ2n) is 2.02. The van der Waals surface area contributed by atoms with Crippen molar-refractivity contribution in [1.82, 2.24) is 0 Å². The van der Waals surface area contributed by atoms with Crippen LogP contribution in [0.3, 0.4) is 0 Å². The van der Waals surface area contributed by atoms with E-state index in [4.69, 9.17) is 0 Å². The monoisotopic (exact) mass is 164 g/mol. The van der Waals surface area contributed by atoms with E-state index in [1.54, 1.807) is 0 Å². The minimum Gasteiger partial charge on any atom is -0.616 e. The molecule has 0 amide bonds. The standard InChI is InChI=1S/C4H10OS.C4H10/c1-3-6(5)4-2;1-3-4-2/h3-4H2,1-2H3;3-4H2,1-2H3. The predicted molar refractivity (Wildman–Crippen MR) is 49.8 cm³/mol. The molecule has 0 atom stereocenters. The quantitative estimate of drug-likeness (QED) is 0.588. The minimum absolute atomic E-state index is 0.534. The van der Waals surface area contributed by atoms with Crippen LogP contribution in [0.5, 0.6) is 0 Å². The van der Waals surface area contributed by atoms with E-state index in [1.165, 1.54) is 12.8 Å². The zero-order chi connectivity index (χ0) is 8.41. The van der Waals surface area contributed by atoms with Crippen molar-refractivity contribution in [3.63, 3.8) is 0 Å². The van der Waals surface area contributed by atoms with Crippen LogP contribution in [0.25, 0.3) is 0 Å². The molecule has 2 heteroatoms. The molecule has 10 heavy (non-hydrogen) atoms. The van der Waals surface area contributed by atoms with Crippen LogP contribution < -0.4 is 0 Å². The highest BCUT2D eigenvalue weighted by Gasteiger charge is 1.91. The normalized spacial score (nSPS) is 9.00. The molecule has 0 aromatic heterocycles. The van der Waals surface area contributed by atoms with E-state index in [2.05, 4.69) is 13.8 Å². The van der Waals surface area contributed by atoms with Gasteiger partial charge in [0.25, 0.3) is 0 Å². The van der Waals surface area contributed by atoms with Gasteiger partial charge in [-0.15, -0.1) is 0 Å². The minimum atomic E-state index is -0.534. The number of unbranched alkanes of at least 4 members (excludes halogenated alkanes) is 1. The van der Waals surface area contributed by atoms with Crippen molar-refractivity contribution in [3.05, 3.63) is 0 Å². The Balaban J connectivity index is 0. The summed E-state index contributed by atoms with van der Waals surface area (Å²) in [5.74, 6) is 1.60. The molecule has 0 fully saturated rings. The summed E-state index contributed by atoms with van der Waals surface area (Å²) in [6, 6.07) is 0. The summed E-state index contributed by atoms with van der Waals surface area (Å²) in [5, 5.41) is 0. The molecular formula is C8H20OS. The average Bonchev–Trinajstić information content (AvgIpc) is 2.03. The lowest BCUT2D eigenvalue weighted by Gasteiger charge is -2.01. The lowest BCUT2D eigenvalue weighted by molar-refractivity contribution is 0.597. The Labute approximate surface area is 68.4 Å². The largest absolute Gasteiger partial charge is 0.616 e. The lowest BCUT2D eigenvalue weighted by atomic mass is 10.4. The van der Waals surface area contributed by atoms with Crippen molar-refractivity contribution >= 4 is 11.2 Å². The molecule has 0 unspecified atom stereocenters. The van der Waals surface area contributed by atoms with Gasteiger partial charge in [0.2, 0.25) is 0 Å². The fourth-order valence-corrected chi connectivity index (χ4v) is 0.612. The topological polar surface area (TPSA) is 23.1 Å². The summed E-state index contributed by atoms with van der Waals surface area (Å²) in [6.45, 7) is 8.22. The number of rotatable bonds is 3. The van der Waals surface area contributed by atoms with Gasteiger partial charge in [0.1, 0.15) is 11.5 Å². The Morgan fingerprint density at radius 3 is 1.20 bits per heavy atom. The average molecular weight is 164 g/mol. The number of hydrogen-bond acceptors (Lipinski definition) is 1. The van der Waals surface area contributed by atoms with E-state index in [1.807, 2.05) is 13.8 Å². The van der Waals surface area contributed by atoms with Crippen LogP contribution in [0, 0.1) is 0 Å². The first kappa shape index (κ1) is 12.9. The zero-order valence-corrected chi connectivity index (χ0v) is 8.46. The van der Waals surface area contributed by atoms with Crippen molar-refractivity contribution < 1.29 is 4.55 Å². The second-order valence-corrected chi connectivity index (χ2v) is 4.05. The molecule has 0 bridgehead atoms. The van der Waals surface area contributed by atoms with Gasteiger partial charge in [0.05, 0.1) is 0 Å². The van der Waals surface area contributed by atoms with Gasteiger partial charge < -0.3 is 4.55 Å². The van der Waals surface area contributed by atoms with Crippen molar-refractivity contribution in [2.45, 2.75) is 40.5 Å². The third-order valence-electron chi connectivity index (χ3n) is 1.14. The van der Waals surface area contributed by atoms with Crippen molar-refractivity contribution in [3.8, 4) is 0 Å². The Kier molecular flexibility index (Phi) is 15.6. The van der Waals surface area contributed by atoms with E-state index in [0.717, 1.165) is 11.5 Å². The predicted octanol–water partition coefficient (Wildman–Crippen LogP) is 2.58. The van der Waals surface area contributed by atoms with Crippen molar-refractivity contribution in [2.24, 2.45) is 0 Å². The summed E-state index contributed by atoms with van der Waals surface area (Å²) in [5.41, 5.74) is 0. The van der Waals surface area contributed by atoms with E-state index < -0.39 is 11.2 Å². The molecule has 0 heterocycles. The molecule has 0 saturated carbocycles. The fourth-order valence-electron chi connectivity index (χ4n) is 0.204. The van der Waals surface area contributed by atoms with Gasteiger partial charge in [-0.25, -0.2) is 0 Å². The molecule has 0 aromatic rings. The third-order valence-corrected chi connectivity index (χ3v) is 2.43. The maximum absolute atomic E-state index is 10.3. The van der Waals surface area contributed by atoms with Crippen LogP contribution in [0.1, 0.15) is 40.5 Å². The van der Waals surface area contributed by atoms with Gasteiger partial charge in [-0.3, -0.25) is 0 Å². The molecule has 0 N–H and O–H groups in total. The smallest absolute Gasteiger partial charge is 0.102 e. The van der Waals surface area contributed by atoms with Gasteiger partial charge in [-0.2, -0.15) is 0 Å². The summed E-state index contributed by atoms with van der Waals surface area (Å²) in [6.07, 6.45) is 2.64. The zero-order valence-electron chi connectivity index (χ0n) is 7.64. The Morgan fingerprint density at radius 2 is 1.20 bits per heavy atom. The number of hydrogen-bond donors (Lipinski definition) is 0. The summed E-state index contributed by atoms with van der Waals surface area (Å²) in [7, 11) is 0. The molecule has 0 rings (SSSR count). The van der Waals surface area contributed by atoms with Crippen LogP contribution in [0.4, 0.5) is 0 Å². The first-order chi connectivity index (χ1) is 4.72. The highest BCUT2D eigenvalue weighted by Crippen LogP contribution is 1.84. The maximum Gasteiger partial charge on any atom is 0.102 e. The molecule has 0 saturated heterocycles. The van der Waals surface area contributed by atoms with Gasteiger partial charge >= 0.3 is 0 Å². The molecule has 0 spiro atoms. The SMILES string of the molecule is CCCC.CC[S+]([O-])CC. The Morgan fingerprint density at radius 1 is 0.900 bits per heavy atom. The van der Waals surface area contributed by atoms with Crippen LogP contribution in [0.2, 0.25) is 0 Å². The molecule has 1 nitrogen and oxygen atoms in total. The highest BCUT2D eigenvalue weighted by atomic mass is 32.2. The first-order valence-electron chi connectivity index (χ1n) is 4.07. The van der Waals surface area contributed by atoms with Gasteiger partial charge in [0.15, 0.2) is 0 Å². The maximum atomic E-state index is 10.3. The molecule has 0 radical (unpaired) electrons. The first-order valence-corrected chi connectivity index (χ1v) is 5.56. The molecular weight excluding hydrogens is 144 g/mol. The van der Waals surface area contributed by atoms with Crippen LogP contribution in [0.15, 0.2) is 0 Å². The van der Waals surface area contributed by atoms with E-state index in [9.17, 15) is 4.55 Å². The van der Waals surface area contributed by atoms with E-state index in [0.29, 0.717) is 0 Å². The van der Waals surface area contributed by atoms with E-state index in [-0.39, 0.29) is 0 Å². The molecule has 0 aromatic carbocycles. The van der Waals surface area contributed by atoms with Gasteiger partial charge in [-0.1, -0.05) is 37.9 Å². The van der Waals surface area contributed by atoms with E-state index >= 15 is 0 Å². The van der Waals surface area contributed by atoms with Crippen LogP contribution in [-0.2, 0) is 11.2 Å². The van der Waals surface area contributed by atoms with Gasteiger partial charge in [0, 0.05) is 0 Å². The molecule has 0 aliphatic rings. The van der Waals surface area contributed by atoms with Crippen molar-refractivity contribution in [2.75, 3.05) is 11.5 Å². The van der Waals surface area contributed by atoms with Gasteiger partial charge in [-0.05, 0) is 13.8 Å².